The molecule has 0 saturated heterocycles. The average Bonchev–Trinajstić information content (AvgIpc) is 2.41. The molecule has 0 amide bonds. The Morgan fingerprint density at radius 3 is 1.06 bits per heavy atom. The number of hydrogen-bond donors (Lipinski definition) is 0. The molecule has 18 heavy (non-hydrogen) atoms. The molecule has 0 aromatic heterocycles. The van der Waals surface area contributed by atoms with Crippen LogP contribution in [-0.4, -0.2) is 23.0 Å². The molecule has 2 fully saturated rings. The van der Waals surface area contributed by atoms with Gasteiger partial charge in [0.1, 0.15) is 0 Å². The van der Waals surface area contributed by atoms with Crippen LogP contribution in [0.1, 0.15) is 65.2 Å². The third-order valence-corrected chi connectivity index (χ3v) is 6.87. The van der Waals surface area contributed by atoms with Crippen molar-refractivity contribution in [2.75, 3.05) is 12.5 Å². The molecule has 2 rings (SSSR count). The lowest BCUT2D eigenvalue weighted by Gasteiger charge is -2.24. The van der Waals surface area contributed by atoms with E-state index in [2.05, 4.69) is 26.4 Å². The van der Waals surface area contributed by atoms with Crippen molar-refractivity contribution in [1.82, 2.24) is 0 Å². The Hall–Kier alpha value is 0.700. The lowest BCUT2D eigenvalue weighted by molar-refractivity contribution is 0.393. The maximum Gasteiger partial charge on any atom is 0.00444 e. The fourth-order valence-corrected chi connectivity index (χ4v) is 4.42. The van der Waals surface area contributed by atoms with Crippen molar-refractivity contribution < 1.29 is 0 Å². The predicted octanol–water partition coefficient (Wildman–Crippen LogP) is 5.86. The van der Waals surface area contributed by atoms with E-state index in [0.717, 1.165) is 22.3 Å². The molecule has 0 bridgehead atoms. The van der Waals surface area contributed by atoms with Gasteiger partial charge in [0.25, 0.3) is 0 Å². The van der Waals surface area contributed by atoms with Crippen molar-refractivity contribution in [2.45, 2.75) is 75.7 Å². The second kappa shape index (κ2) is 9.58. The van der Waals surface area contributed by atoms with Gasteiger partial charge in [-0.2, -0.15) is 23.5 Å². The monoisotopic (exact) mass is 288 g/mol. The fourth-order valence-electron chi connectivity index (χ4n) is 2.93. The lowest BCUT2D eigenvalue weighted by atomic mass is 9.91. The molecule has 0 aromatic carbocycles. The molecule has 0 heterocycles. The van der Waals surface area contributed by atoms with E-state index in [1.54, 1.807) is 0 Å². The average molecular weight is 289 g/mol. The second-order valence-electron chi connectivity index (χ2n) is 6.24. The Kier molecular flexibility index (Phi) is 8.92. The van der Waals surface area contributed by atoms with Crippen LogP contribution in [0.15, 0.2) is 0 Å². The van der Waals surface area contributed by atoms with E-state index in [-0.39, 0.29) is 0 Å². The van der Waals surface area contributed by atoms with Crippen molar-refractivity contribution in [2.24, 2.45) is 11.8 Å². The van der Waals surface area contributed by atoms with Crippen LogP contribution in [0.3, 0.4) is 0 Å². The Morgan fingerprint density at radius 2 is 0.833 bits per heavy atom. The van der Waals surface area contributed by atoms with E-state index in [0.29, 0.717) is 0 Å². The quantitative estimate of drug-likeness (QED) is 0.624. The van der Waals surface area contributed by atoms with E-state index in [9.17, 15) is 0 Å². The predicted molar refractivity (Wildman–Crippen MR) is 89.9 cm³/mol. The molecule has 2 heteroatoms. The summed E-state index contributed by atoms with van der Waals surface area (Å²) in [6.45, 7) is 4.74. The minimum atomic E-state index is 0.987. The van der Waals surface area contributed by atoms with Crippen LogP contribution >= 0.6 is 23.5 Å². The summed E-state index contributed by atoms with van der Waals surface area (Å²) in [5.74, 6) is 2.02. The standard InChI is InChI=1S/2C8H16S/c2*1-7-3-5-8(9-2)6-4-7/h2*7-8H,3-6H2,1-2H3. The minimum absolute atomic E-state index is 0.987. The van der Waals surface area contributed by atoms with Crippen molar-refractivity contribution in [1.29, 1.82) is 0 Å². The first kappa shape index (κ1) is 16.8. The summed E-state index contributed by atoms with van der Waals surface area (Å²) in [5, 5.41) is 1.97. The molecule has 2 aliphatic rings. The van der Waals surface area contributed by atoms with Gasteiger partial charge in [-0.15, -0.1) is 0 Å². The molecule has 0 atom stereocenters. The van der Waals surface area contributed by atoms with Gasteiger partial charge in [-0.05, 0) is 75.7 Å². The van der Waals surface area contributed by atoms with Crippen LogP contribution in [0.25, 0.3) is 0 Å². The highest BCUT2D eigenvalue weighted by atomic mass is 32.2. The van der Waals surface area contributed by atoms with Crippen molar-refractivity contribution in [3.63, 3.8) is 0 Å². The molecule has 0 N–H and O–H groups in total. The zero-order valence-electron chi connectivity index (χ0n) is 12.8. The van der Waals surface area contributed by atoms with Gasteiger partial charge in [0.05, 0.1) is 0 Å². The topological polar surface area (TPSA) is 0 Å². The van der Waals surface area contributed by atoms with Crippen LogP contribution in [-0.2, 0) is 0 Å². The normalized spacial score (nSPS) is 36.7. The third-order valence-electron chi connectivity index (χ3n) is 4.59. The van der Waals surface area contributed by atoms with Crippen molar-refractivity contribution in [3.8, 4) is 0 Å². The Balaban J connectivity index is 0.000000180. The van der Waals surface area contributed by atoms with Crippen LogP contribution in [0.4, 0.5) is 0 Å². The summed E-state index contributed by atoms with van der Waals surface area (Å²) in [6.07, 6.45) is 16.2. The Labute approximate surface area is 123 Å². The van der Waals surface area contributed by atoms with Gasteiger partial charge < -0.3 is 0 Å². The van der Waals surface area contributed by atoms with Gasteiger partial charge in [0.2, 0.25) is 0 Å². The molecule has 0 aliphatic heterocycles. The first-order chi connectivity index (χ1) is 8.65. The molecule has 2 aliphatic carbocycles. The van der Waals surface area contributed by atoms with Gasteiger partial charge in [0, 0.05) is 10.5 Å². The molecule has 2 saturated carbocycles. The maximum absolute atomic E-state index is 2.37. The molecule has 0 aromatic rings. The van der Waals surface area contributed by atoms with Crippen LogP contribution in [0.5, 0.6) is 0 Å². The molecular formula is C16H32S2. The molecular weight excluding hydrogens is 256 g/mol. The summed E-state index contributed by atoms with van der Waals surface area (Å²) >= 11 is 4.10. The summed E-state index contributed by atoms with van der Waals surface area (Å²) in [6, 6.07) is 0. The number of rotatable bonds is 2. The summed E-state index contributed by atoms with van der Waals surface area (Å²) in [5.41, 5.74) is 0. The van der Waals surface area contributed by atoms with Gasteiger partial charge in [0.15, 0.2) is 0 Å². The van der Waals surface area contributed by atoms with Crippen LogP contribution in [0.2, 0.25) is 0 Å². The van der Waals surface area contributed by atoms with Crippen molar-refractivity contribution in [3.05, 3.63) is 0 Å². The Morgan fingerprint density at radius 1 is 0.556 bits per heavy atom. The van der Waals surface area contributed by atoms with Crippen molar-refractivity contribution >= 4 is 23.5 Å². The lowest BCUT2D eigenvalue weighted by Crippen LogP contribution is -2.13. The first-order valence-electron chi connectivity index (χ1n) is 7.71. The van der Waals surface area contributed by atoms with E-state index in [1.165, 1.54) is 51.4 Å². The third kappa shape index (κ3) is 6.75. The molecule has 0 radical (unpaired) electrons. The molecule has 0 spiro atoms. The summed E-state index contributed by atoms with van der Waals surface area (Å²) in [7, 11) is 0. The highest BCUT2D eigenvalue weighted by Crippen LogP contribution is 2.30. The largest absolute Gasteiger partial charge is 0.162 e. The van der Waals surface area contributed by atoms with Gasteiger partial charge in [-0.3, -0.25) is 0 Å². The van der Waals surface area contributed by atoms with E-state index in [4.69, 9.17) is 0 Å². The van der Waals surface area contributed by atoms with E-state index < -0.39 is 0 Å². The fraction of sp³-hybridized carbons (Fsp3) is 1.00. The molecule has 0 nitrogen and oxygen atoms in total. The van der Waals surface area contributed by atoms with Gasteiger partial charge in [-0.1, -0.05) is 13.8 Å². The van der Waals surface area contributed by atoms with Gasteiger partial charge in [-0.25, -0.2) is 0 Å². The SMILES string of the molecule is CSC1CCC(C)CC1.CSC1CCC(C)CC1. The summed E-state index contributed by atoms with van der Waals surface area (Å²) in [4.78, 5) is 0. The first-order valence-corrected chi connectivity index (χ1v) is 10.3. The highest BCUT2D eigenvalue weighted by Gasteiger charge is 2.16. The Bertz CT molecular complexity index is 167. The van der Waals surface area contributed by atoms with Crippen LogP contribution in [0, 0.1) is 11.8 Å². The summed E-state index contributed by atoms with van der Waals surface area (Å²) < 4.78 is 0. The smallest absolute Gasteiger partial charge is 0.00444 e. The van der Waals surface area contributed by atoms with E-state index >= 15 is 0 Å². The molecule has 0 unspecified atom stereocenters. The molecule has 108 valence electrons. The minimum Gasteiger partial charge on any atom is -0.162 e. The maximum atomic E-state index is 2.37. The second-order valence-corrected chi connectivity index (χ2v) is 8.51. The zero-order valence-corrected chi connectivity index (χ0v) is 14.4. The number of hydrogen-bond acceptors (Lipinski definition) is 2. The van der Waals surface area contributed by atoms with E-state index in [1.807, 2.05) is 23.5 Å². The number of thioether (sulfide) groups is 2. The van der Waals surface area contributed by atoms with Crippen LogP contribution < -0.4 is 0 Å². The van der Waals surface area contributed by atoms with Gasteiger partial charge >= 0.3 is 0 Å². The highest BCUT2D eigenvalue weighted by molar-refractivity contribution is 7.99. The zero-order chi connectivity index (χ0) is 13.4.